The fourth-order valence-electron chi connectivity index (χ4n) is 10.2. The average molecular weight is 997 g/mol. The molecule has 12 aromatic carbocycles. The Bertz CT molecular complexity index is 3550. The Morgan fingerprint density at radius 1 is 0.154 bits per heavy atom. The lowest BCUT2D eigenvalue weighted by molar-refractivity contribution is 1.28. The zero-order chi connectivity index (χ0) is 52.3. The summed E-state index contributed by atoms with van der Waals surface area (Å²) in [5, 5.41) is 0. The topological polar surface area (TPSA) is 6.48 Å². The molecule has 12 aromatic rings. The third-order valence-corrected chi connectivity index (χ3v) is 14.2. The van der Waals surface area contributed by atoms with E-state index in [4.69, 9.17) is 0 Å². The second-order valence-electron chi connectivity index (χ2n) is 19.4. The number of anilines is 6. The van der Waals surface area contributed by atoms with Gasteiger partial charge in [0.2, 0.25) is 0 Å². The molecule has 0 fully saturated rings. The maximum atomic E-state index is 2.38. The normalized spacial score (nSPS) is 11.2. The Hall–Kier alpha value is -10.3. The molecule has 0 aromatic heterocycles. The van der Waals surface area contributed by atoms with E-state index in [2.05, 4.69) is 350 Å². The lowest BCUT2D eigenvalue weighted by Crippen LogP contribution is -2.10. The minimum absolute atomic E-state index is 1.06. The van der Waals surface area contributed by atoms with Gasteiger partial charge < -0.3 is 9.80 Å². The second kappa shape index (κ2) is 23.1. The highest BCUT2D eigenvalue weighted by atomic mass is 15.1. The minimum atomic E-state index is 1.06. The second-order valence-corrected chi connectivity index (χ2v) is 19.4. The summed E-state index contributed by atoms with van der Waals surface area (Å²) >= 11 is 0. The van der Waals surface area contributed by atoms with Crippen molar-refractivity contribution in [2.24, 2.45) is 0 Å². The van der Waals surface area contributed by atoms with Crippen LogP contribution in [0.5, 0.6) is 0 Å². The van der Waals surface area contributed by atoms with E-state index in [9.17, 15) is 0 Å². The molecule has 0 heterocycles. The molecule has 0 unspecified atom stereocenters. The molecule has 0 N–H and O–H groups in total. The molecule has 0 saturated heterocycles. The van der Waals surface area contributed by atoms with Crippen molar-refractivity contribution in [2.45, 2.75) is 0 Å². The van der Waals surface area contributed by atoms with E-state index in [-0.39, 0.29) is 0 Å². The Kier molecular flexibility index (Phi) is 14.4. The van der Waals surface area contributed by atoms with E-state index in [0.717, 1.165) is 78.6 Å². The van der Waals surface area contributed by atoms with Gasteiger partial charge in [0.25, 0.3) is 0 Å². The Morgan fingerprint density at radius 3 is 0.615 bits per heavy atom. The first-order valence-electron chi connectivity index (χ1n) is 26.6. The van der Waals surface area contributed by atoms with Crippen LogP contribution in [-0.4, -0.2) is 0 Å². The van der Waals surface area contributed by atoms with E-state index in [0.29, 0.717) is 0 Å². The van der Waals surface area contributed by atoms with Crippen LogP contribution in [0.25, 0.3) is 79.9 Å². The maximum absolute atomic E-state index is 2.38. The summed E-state index contributed by atoms with van der Waals surface area (Å²) in [7, 11) is 0. The highest BCUT2D eigenvalue weighted by Crippen LogP contribution is 2.43. The van der Waals surface area contributed by atoms with Crippen LogP contribution in [0.1, 0.15) is 22.3 Å². The van der Waals surface area contributed by atoms with E-state index in [1.807, 2.05) is 0 Å². The van der Waals surface area contributed by atoms with Crippen molar-refractivity contribution in [1.82, 2.24) is 0 Å². The molecule has 78 heavy (non-hydrogen) atoms. The van der Waals surface area contributed by atoms with E-state index in [1.165, 1.54) is 33.4 Å². The van der Waals surface area contributed by atoms with Crippen molar-refractivity contribution in [3.63, 3.8) is 0 Å². The van der Waals surface area contributed by atoms with Crippen LogP contribution in [0, 0.1) is 0 Å². The third kappa shape index (κ3) is 11.4. The fraction of sp³-hybridized carbons (Fsp3) is 0. The Morgan fingerprint density at radius 2 is 0.359 bits per heavy atom. The summed E-state index contributed by atoms with van der Waals surface area (Å²) in [6, 6.07) is 113. The minimum Gasteiger partial charge on any atom is -0.310 e. The lowest BCUT2D eigenvalue weighted by atomic mass is 9.97. The summed E-state index contributed by atoms with van der Waals surface area (Å²) in [5.41, 5.74) is 22.6. The van der Waals surface area contributed by atoms with Gasteiger partial charge in [0.05, 0.1) is 0 Å². The van der Waals surface area contributed by atoms with Gasteiger partial charge in [0.15, 0.2) is 0 Å². The number of hydrogen-bond donors (Lipinski definition) is 0. The molecule has 0 spiro atoms. The van der Waals surface area contributed by atoms with Gasteiger partial charge in [-0.25, -0.2) is 0 Å². The molecule has 0 aliphatic heterocycles. The standard InChI is InChI=1S/C76H56N2/c1-7-19-57(20-8-1)31-33-59-35-43-71(44-36-59)77(75-53-67(61-23-11-3-12-24-61)51-68(54-75)62-25-13-4-14-26-62)73-47-39-65(40-48-73)66-41-49-74(50-42-66)78(72-45-37-60(38-46-72)34-32-58-21-9-2-10-22-58)76-55-69(63-27-15-5-16-28-63)52-70(56-76)64-29-17-6-18-30-64/h1-56H. The van der Waals surface area contributed by atoms with Gasteiger partial charge >= 0.3 is 0 Å². The average Bonchev–Trinajstić information content (AvgIpc) is 3.58. The van der Waals surface area contributed by atoms with Crippen LogP contribution in [0.4, 0.5) is 34.1 Å². The first-order valence-corrected chi connectivity index (χ1v) is 26.6. The van der Waals surface area contributed by atoms with Gasteiger partial charge in [0.1, 0.15) is 0 Å². The zero-order valence-electron chi connectivity index (χ0n) is 43.2. The van der Waals surface area contributed by atoms with Crippen LogP contribution < -0.4 is 9.80 Å². The summed E-state index contributed by atoms with van der Waals surface area (Å²) in [5.74, 6) is 0. The molecule has 0 radical (unpaired) electrons. The van der Waals surface area contributed by atoms with Gasteiger partial charge in [-0.05, 0) is 163 Å². The summed E-state index contributed by atoms with van der Waals surface area (Å²) < 4.78 is 0. The molecule has 0 aliphatic rings. The lowest BCUT2D eigenvalue weighted by Gasteiger charge is -2.28. The van der Waals surface area contributed by atoms with Crippen LogP contribution in [-0.2, 0) is 0 Å². The number of benzene rings is 12. The van der Waals surface area contributed by atoms with Gasteiger partial charge in [0, 0.05) is 34.1 Å². The summed E-state index contributed by atoms with van der Waals surface area (Å²) in [6.45, 7) is 0. The van der Waals surface area contributed by atoms with Crippen molar-refractivity contribution >= 4 is 58.4 Å². The predicted octanol–water partition coefficient (Wildman–Crippen LogP) is 21.3. The summed E-state index contributed by atoms with van der Waals surface area (Å²) in [4.78, 5) is 4.76. The van der Waals surface area contributed by atoms with Gasteiger partial charge in [-0.3, -0.25) is 0 Å². The molecule has 0 atom stereocenters. The molecule has 12 rings (SSSR count). The zero-order valence-corrected chi connectivity index (χ0v) is 43.2. The van der Waals surface area contributed by atoms with E-state index < -0.39 is 0 Å². The largest absolute Gasteiger partial charge is 0.310 e. The van der Waals surface area contributed by atoms with Gasteiger partial charge in [-0.15, -0.1) is 0 Å². The quantitative estimate of drug-likeness (QED) is 0.0945. The fourth-order valence-corrected chi connectivity index (χ4v) is 10.2. The number of hydrogen-bond acceptors (Lipinski definition) is 2. The van der Waals surface area contributed by atoms with Gasteiger partial charge in [-0.2, -0.15) is 0 Å². The Labute approximate surface area is 459 Å². The molecule has 0 amide bonds. The van der Waals surface area contributed by atoms with Crippen molar-refractivity contribution < 1.29 is 0 Å². The molecular formula is C76H56N2. The first kappa shape index (κ1) is 48.6. The van der Waals surface area contributed by atoms with Crippen LogP contribution in [0.3, 0.4) is 0 Å². The molecule has 2 nitrogen and oxygen atoms in total. The molecule has 0 aliphatic carbocycles. The van der Waals surface area contributed by atoms with Crippen molar-refractivity contribution in [3.05, 3.63) is 338 Å². The molecular weight excluding hydrogens is 941 g/mol. The van der Waals surface area contributed by atoms with E-state index >= 15 is 0 Å². The van der Waals surface area contributed by atoms with Gasteiger partial charge in [-0.1, -0.05) is 255 Å². The third-order valence-electron chi connectivity index (χ3n) is 14.2. The molecule has 0 bridgehead atoms. The molecule has 370 valence electrons. The monoisotopic (exact) mass is 996 g/mol. The SMILES string of the molecule is C(=Cc1ccc(N(c2ccc(-c3ccc(N(c4ccc(C=Cc5ccccc5)cc4)c4cc(-c5ccccc5)cc(-c5ccccc5)c4)cc3)cc2)c2cc(-c3ccccc3)cc(-c3ccccc3)c2)cc1)c1ccccc1. The van der Waals surface area contributed by atoms with Crippen molar-refractivity contribution in [1.29, 1.82) is 0 Å². The highest BCUT2D eigenvalue weighted by molar-refractivity contribution is 5.88. The Balaban J connectivity index is 0.918. The maximum Gasteiger partial charge on any atom is 0.0473 e. The van der Waals surface area contributed by atoms with E-state index in [1.54, 1.807) is 0 Å². The van der Waals surface area contributed by atoms with Crippen LogP contribution >= 0.6 is 0 Å². The molecule has 2 heteroatoms. The number of nitrogens with zero attached hydrogens (tertiary/aromatic N) is 2. The van der Waals surface area contributed by atoms with Crippen molar-refractivity contribution in [3.8, 4) is 55.6 Å². The smallest absolute Gasteiger partial charge is 0.0473 e. The first-order chi connectivity index (χ1) is 38.6. The number of rotatable bonds is 15. The summed E-state index contributed by atoms with van der Waals surface area (Å²) in [6.07, 6.45) is 8.69. The van der Waals surface area contributed by atoms with Crippen molar-refractivity contribution in [2.75, 3.05) is 9.80 Å². The highest BCUT2D eigenvalue weighted by Gasteiger charge is 2.19. The van der Waals surface area contributed by atoms with Crippen LogP contribution in [0.15, 0.2) is 315 Å². The molecule has 0 saturated carbocycles. The van der Waals surface area contributed by atoms with Crippen LogP contribution in [0.2, 0.25) is 0 Å². The predicted molar refractivity (Wildman–Crippen MR) is 334 cm³/mol.